The molecule has 0 fully saturated rings. The minimum atomic E-state index is -1.02. The van der Waals surface area contributed by atoms with Gasteiger partial charge in [0.15, 0.2) is 4.96 Å². The van der Waals surface area contributed by atoms with E-state index in [1.807, 2.05) is 46.4 Å². The molecule has 1 aromatic carbocycles. The molecule has 0 saturated carbocycles. The van der Waals surface area contributed by atoms with Gasteiger partial charge in [-0.3, -0.25) is 4.40 Å². The second-order valence-corrected chi connectivity index (χ2v) is 5.85. The summed E-state index contributed by atoms with van der Waals surface area (Å²) in [6.45, 7) is 1.79. The first-order chi connectivity index (χ1) is 9.60. The van der Waals surface area contributed by atoms with Crippen molar-refractivity contribution in [2.45, 2.75) is 18.9 Å². The summed E-state index contributed by atoms with van der Waals surface area (Å²) in [4.78, 5) is 5.46. The zero-order valence-electron chi connectivity index (χ0n) is 11.4. The fraction of sp³-hybridized carbons (Fsp3) is 0.267. The van der Waals surface area contributed by atoms with Crippen molar-refractivity contribution < 1.29 is 9.84 Å². The Morgan fingerprint density at radius 2 is 2.20 bits per heavy atom. The second kappa shape index (κ2) is 4.92. The topological polar surface area (TPSA) is 46.8 Å². The quantitative estimate of drug-likeness (QED) is 0.803. The SMILES string of the molecule is COc1ccccc1C(C)(O)Cc1cn2ccsc2n1. The average Bonchev–Trinajstić information content (AvgIpc) is 2.99. The zero-order valence-corrected chi connectivity index (χ0v) is 12.2. The summed E-state index contributed by atoms with van der Waals surface area (Å²) in [6.07, 6.45) is 4.37. The number of thiazole rings is 1. The van der Waals surface area contributed by atoms with Crippen molar-refractivity contribution in [3.63, 3.8) is 0 Å². The number of aromatic nitrogens is 2. The summed E-state index contributed by atoms with van der Waals surface area (Å²) in [5, 5.41) is 12.8. The fourth-order valence-corrected chi connectivity index (χ4v) is 3.12. The van der Waals surface area contributed by atoms with Gasteiger partial charge in [0.2, 0.25) is 0 Å². The van der Waals surface area contributed by atoms with Crippen LogP contribution in [0.25, 0.3) is 4.96 Å². The number of ether oxygens (including phenoxy) is 1. The maximum Gasteiger partial charge on any atom is 0.193 e. The summed E-state index contributed by atoms with van der Waals surface area (Å²) < 4.78 is 7.30. The highest BCUT2D eigenvalue weighted by Crippen LogP contribution is 2.32. The maximum absolute atomic E-state index is 10.8. The van der Waals surface area contributed by atoms with E-state index in [-0.39, 0.29) is 0 Å². The highest BCUT2D eigenvalue weighted by atomic mass is 32.1. The van der Waals surface area contributed by atoms with Crippen LogP contribution in [-0.2, 0) is 12.0 Å². The molecule has 2 heterocycles. The monoisotopic (exact) mass is 288 g/mol. The summed E-state index contributed by atoms with van der Waals surface area (Å²) in [6, 6.07) is 7.54. The van der Waals surface area contributed by atoms with Crippen molar-refractivity contribution in [3.8, 4) is 5.75 Å². The molecule has 0 amide bonds. The Kier molecular flexibility index (Phi) is 3.23. The lowest BCUT2D eigenvalue weighted by Crippen LogP contribution is -2.25. The Morgan fingerprint density at radius 3 is 2.95 bits per heavy atom. The zero-order chi connectivity index (χ0) is 14.2. The molecule has 0 bridgehead atoms. The summed E-state index contributed by atoms with van der Waals surface area (Å²) >= 11 is 1.58. The number of imidazole rings is 1. The lowest BCUT2D eigenvalue weighted by atomic mass is 9.90. The molecule has 0 saturated heterocycles. The van der Waals surface area contributed by atoms with E-state index in [9.17, 15) is 5.11 Å². The van der Waals surface area contributed by atoms with E-state index in [1.165, 1.54) is 0 Å². The predicted octanol–water partition coefficient (Wildman–Crippen LogP) is 2.85. The third-order valence-electron chi connectivity index (χ3n) is 3.36. The van der Waals surface area contributed by atoms with Gasteiger partial charge in [-0.25, -0.2) is 4.98 Å². The van der Waals surface area contributed by atoms with Crippen LogP contribution < -0.4 is 4.74 Å². The van der Waals surface area contributed by atoms with Gasteiger partial charge in [-0.05, 0) is 13.0 Å². The lowest BCUT2D eigenvalue weighted by Gasteiger charge is -2.24. The van der Waals surface area contributed by atoms with E-state index in [1.54, 1.807) is 25.4 Å². The van der Waals surface area contributed by atoms with E-state index in [0.717, 1.165) is 16.2 Å². The molecule has 0 aliphatic carbocycles. The summed E-state index contributed by atoms with van der Waals surface area (Å²) in [5.41, 5.74) is 0.628. The van der Waals surface area contributed by atoms with Gasteiger partial charge in [0.05, 0.1) is 18.4 Å². The molecule has 1 atom stereocenters. The highest BCUT2D eigenvalue weighted by Gasteiger charge is 2.28. The largest absolute Gasteiger partial charge is 0.496 e. The molecule has 4 nitrogen and oxygen atoms in total. The molecular formula is C15H16N2O2S. The maximum atomic E-state index is 10.8. The number of benzene rings is 1. The normalized spacial score (nSPS) is 14.3. The smallest absolute Gasteiger partial charge is 0.193 e. The van der Waals surface area contributed by atoms with Crippen LogP contribution in [0.3, 0.4) is 0 Å². The molecule has 0 radical (unpaired) electrons. The third-order valence-corrected chi connectivity index (χ3v) is 4.13. The van der Waals surface area contributed by atoms with E-state index >= 15 is 0 Å². The standard InChI is InChI=1S/C15H16N2O2S/c1-15(18,12-5-3-4-6-13(12)19-2)9-11-10-17-7-8-20-14(17)16-11/h3-8,10,18H,9H2,1-2H3. The number of rotatable bonds is 4. The molecule has 3 aromatic rings. The number of hydrogen-bond acceptors (Lipinski definition) is 4. The molecule has 2 aromatic heterocycles. The number of fused-ring (bicyclic) bond motifs is 1. The number of aliphatic hydroxyl groups is 1. The van der Waals surface area contributed by atoms with Crippen molar-refractivity contribution in [3.05, 3.63) is 53.3 Å². The van der Waals surface area contributed by atoms with Crippen LogP contribution in [0.5, 0.6) is 5.75 Å². The van der Waals surface area contributed by atoms with Crippen molar-refractivity contribution in [2.24, 2.45) is 0 Å². The predicted molar refractivity (Wildman–Crippen MR) is 79.3 cm³/mol. The molecule has 1 unspecified atom stereocenters. The molecule has 1 N–H and O–H groups in total. The van der Waals surface area contributed by atoms with Gasteiger partial charge in [0.25, 0.3) is 0 Å². The Bertz CT molecular complexity index is 702. The van der Waals surface area contributed by atoms with Crippen molar-refractivity contribution in [1.82, 2.24) is 9.38 Å². The molecule has 5 heteroatoms. The van der Waals surface area contributed by atoms with Crippen LogP contribution in [0.4, 0.5) is 0 Å². The second-order valence-electron chi connectivity index (χ2n) is 4.98. The Balaban J connectivity index is 1.93. The number of methoxy groups -OCH3 is 1. The van der Waals surface area contributed by atoms with Gasteiger partial charge < -0.3 is 9.84 Å². The van der Waals surface area contributed by atoms with Crippen LogP contribution in [0.1, 0.15) is 18.2 Å². The van der Waals surface area contributed by atoms with Crippen molar-refractivity contribution in [2.75, 3.05) is 7.11 Å². The van der Waals surface area contributed by atoms with Crippen LogP contribution in [0, 0.1) is 0 Å². The van der Waals surface area contributed by atoms with Crippen LogP contribution in [-0.4, -0.2) is 21.6 Å². The molecule has 0 aliphatic rings. The van der Waals surface area contributed by atoms with E-state index in [0.29, 0.717) is 12.2 Å². The molecular weight excluding hydrogens is 272 g/mol. The van der Waals surface area contributed by atoms with E-state index < -0.39 is 5.60 Å². The Morgan fingerprint density at radius 1 is 1.40 bits per heavy atom. The first-order valence-corrected chi connectivity index (χ1v) is 7.25. The molecule has 0 aliphatic heterocycles. The minimum absolute atomic E-state index is 0.446. The van der Waals surface area contributed by atoms with Gasteiger partial charge in [-0.15, -0.1) is 11.3 Å². The minimum Gasteiger partial charge on any atom is -0.496 e. The van der Waals surface area contributed by atoms with Gasteiger partial charge in [-0.1, -0.05) is 18.2 Å². The number of para-hydroxylation sites is 1. The summed E-state index contributed by atoms with van der Waals surface area (Å²) in [5.74, 6) is 0.693. The van der Waals surface area contributed by atoms with Gasteiger partial charge in [0.1, 0.15) is 5.75 Å². The highest BCUT2D eigenvalue weighted by molar-refractivity contribution is 7.15. The first kappa shape index (κ1) is 13.1. The lowest BCUT2D eigenvalue weighted by molar-refractivity contribution is 0.0541. The van der Waals surface area contributed by atoms with Crippen molar-refractivity contribution in [1.29, 1.82) is 0 Å². The average molecular weight is 288 g/mol. The van der Waals surface area contributed by atoms with Gasteiger partial charge in [0, 0.05) is 29.8 Å². The van der Waals surface area contributed by atoms with Crippen molar-refractivity contribution >= 4 is 16.3 Å². The molecule has 104 valence electrons. The Hall–Kier alpha value is -1.85. The third kappa shape index (κ3) is 2.30. The van der Waals surface area contributed by atoms with Crippen LogP contribution in [0.2, 0.25) is 0 Å². The summed E-state index contributed by atoms with van der Waals surface area (Å²) in [7, 11) is 1.61. The molecule has 3 rings (SSSR count). The first-order valence-electron chi connectivity index (χ1n) is 6.37. The molecule has 0 spiro atoms. The van der Waals surface area contributed by atoms with Gasteiger partial charge >= 0.3 is 0 Å². The molecule has 20 heavy (non-hydrogen) atoms. The van der Waals surface area contributed by atoms with Crippen LogP contribution in [0.15, 0.2) is 42.0 Å². The van der Waals surface area contributed by atoms with E-state index in [2.05, 4.69) is 4.98 Å². The Labute approximate surface area is 121 Å². The van der Waals surface area contributed by atoms with E-state index in [4.69, 9.17) is 4.74 Å². The fourth-order valence-electron chi connectivity index (χ4n) is 2.40. The van der Waals surface area contributed by atoms with Gasteiger partial charge in [-0.2, -0.15) is 0 Å². The number of hydrogen-bond donors (Lipinski definition) is 1. The number of nitrogens with zero attached hydrogens (tertiary/aromatic N) is 2. The van der Waals surface area contributed by atoms with Crippen LogP contribution >= 0.6 is 11.3 Å².